The van der Waals surface area contributed by atoms with Gasteiger partial charge in [0.25, 0.3) is 17.5 Å². The molecule has 4 aromatic carbocycles. The maximum Gasteiger partial charge on any atom is 0.272 e. The summed E-state index contributed by atoms with van der Waals surface area (Å²) in [7, 11) is 0. The molecule has 0 bridgehead atoms. The van der Waals surface area contributed by atoms with E-state index in [9.17, 15) is 24.5 Å². The van der Waals surface area contributed by atoms with Crippen LogP contribution in [0.3, 0.4) is 0 Å². The molecule has 0 heterocycles. The molecule has 0 saturated carbocycles. The van der Waals surface area contributed by atoms with E-state index in [1.54, 1.807) is 66.7 Å². The molecule has 0 unspecified atom stereocenters. The minimum atomic E-state index is -0.597. The topological polar surface area (TPSA) is 118 Å². The Balaban J connectivity index is 1.46. The summed E-state index contributed by atoms with van der Waals surface area (Å²) in [5.41, 5.74) is 1.51. The van der Waals surface area contributed by atoms with Crippen LogP contribution in [0.2, 0.25) is 10.0 Å². The molecule has 0 aliphatic rings. The maximum atomic E-state index is 13.2. The number of non-ortho nitro benzene ring substituents is 1. The van der Waals surface area contributed by atoms with E-state index in [0.29, 0.717) is 27.4 Å². The third-order valence-electron chi connectivity index (χ3n) is 5.66. The van der Waals surface area contributed by atoms with Crippen molar-refractivity contribution >= 4 is 70.0 Å². The largest absolute Gasteiger partial charge is 0.321 e. The number of ketones is 1. The second-order valence-corrected chi connectivity index (χ2v) is 10.4. The molecule has 0 spiro atoms. The SMILES string of the molecule is O=C(Nc1ccc(SCC(=O)c2ccc(Cl)cc2Cl)cc1)/C(=C/c1ccc([N+](=O)[O-])cc1)NC(=O)c1ccccc1. The average Bonchev–Trinajstić information content (AvgIpc) is 2.97. The molecule has 8 nitrogen and oxygen atoms in total. The zero-order chi connectivity index (χ0) is 29.4. The second-order valence-electron chi connectivity index (χ2n) is 8.54. The monoisotopic (exact) mass is 605 g/mol. The first-order valence-corrected chi connectivity index (χ1v) is 13.8. The van der Waals surface area contributed by atoms with Crippen molar-refractivity contribution in [2.45, 2.75) is 4.90 Å². The Morgan fingerprint density at radius 2 is 1.56 bits per heavy atom. The number of hydrogen-bond donors (Lipinski definition) is 2. The molecule has 0 radical (unpaired) electrons. The lowest BCUT2D eigenvalue weighted by Crippen LogP contribution is -2.30. The number of halogens is 2. The number of nitro groups is 1. The van der Waals surface area contributed by atoms with Crippen molar-refractivity contribution in [1.29, 1.82) is 0 Å². The van der Waals surface area contributed by atoms with Gasteiger partial charge >= 0.3 is 0 Å². The van der Waals surface area contributed by atoms with Crippen molar-refractivity contribution in [1.82, 2.24) is 5.32 Å². The van der Waals surface area contributed by atoms with Crippen LogP contribution in [0.15, 0.2) is 108 Å². The van der Waals surface area contributed by atoms with Crippen LogP contribution in [0.5, 0.6) is 0 Å². The molecule has 0 aliphatic carbocycles. The quantitative estimate of drug-likeness (QED) is 0.0644. The normalized spacial score (nSPS) is 11.0. The summed E-state index contributed by atoms with van der Waals surface area (Å²) >= 11 is 13.3. The van der Waals surface area contributed by atoms with E-state index in [1.807, 2.05) is 0 Å². The zero-order valence-corrected chi connectivity index (χ0v) is 23.5. The Hall–Kier alpha value is -4.44. The number of hydrogen-bond acceptors (Lipinski definition) is 6. The molecule has 0 saturated heterocycles. The lowest BCUT2D eigenvalue weighted by molar-refractivity contribution is -0.384. The fraction of sp³-hybridized carbons (Fsp3) is 0.0333. The minimum Gasteiger partial charge on any atom is -0.321 e. The smallest absolute Gasteiger partial charge is 0.272 e. The van der Waals surface area contributed by atoms with Crippen LogP contribution in [-0.4, -0.2) is 28.3 Å². The highest BCUT2D eigenvalue weighted by atomic mass is 35.5. The van der Waals surface area contributed by atoms with Crippen molar-refractivity contribution in [3.8, 4) is 0 Å². The number of nitrogens with zero attached hydrogens (tertiary/aromatic N) is 1. The first kappa shape index (κ1) is 29.5. The zero-order valence-electron chi connectivity index (χ0n) is 21.2. The van der Waals surface area contributed by atoms with E-state index in [-0.39, 0.29) is 27.9 Å². The lowest BCUT2D eigenvalue weighted by Gasteiger charge is -2.12. The van der Waals surface area contributed by atoms with Crippen molar-refractivity contribution in [2.75, 3.05) is 11.1 Å². The number of carbonyl (C=O) groups excluding carboxylic acids is 3. The van der Waals surface area contributed by atoms with Gasteiger partial charge in [-0.25, -0.2) is 0 Å². The van der Waals surface area contributed by atoms with Crippen LogP contribution in [0.1, 0.15) is 26.3 Å². The van der Waals surface area contributed by atoms with E-state index < -0.39 is 16.7 Å². The van der Waals surface area contributed by atoms with E-state index >= 15 is 0 Å². The molecular weight excluding hydrogens is 585 g/mol. The van der Waals surface area contributed by atoms with Gasteiger partial charge in [-0.2, -0.15) is 0 Å². The van der Waals surface area contributed by atoms with Gasteiger partial charge in [0, 0.05) is 38.9 Å². The fourth-order valence-electron chi connectivity index (χ4n) is 3.58. The molecule has 4 aromatic rings. The Morgan fingerprint density at radius 3 is 2.20 bits per heavy atom. The molecular formula is C30H21Cl2N3O5S. The predicted octanol–water partition coefficient (Wildman–Crippen LogP) is 7.29. The Morgan fingerprint density at radius 1 is 0.878 bits per heavy atom. The van der Waals surface area contributed by atoms with Crippen LogP contribution in [0.25, 0.3) is 6.08 Å². The number of Topliss-reactive ketones (excluding diaryl/α,β-unsaturated/α-hetero) is 1. The number of benzene rings is 4. The Bertz CT molecular complexity index is 1630. The Kier molecular flexibility index (Phi) is 9.91. The minimum absolute atomic E-state index is 0.0587. The van der Waals surface area contributed by atoms with Gasteiger partial charge < -0.3 is 10.6 Å². The summed E-state index contributed by atoms with van der Waals surface area (Å²) in [4.78, 5) is 49.8. The van der Waals surface area contributed by atoms with E-state index in [4.69, 9.17) is 23.2 Å². The van der Waals surface area contributed by atoms with Crippen LogP contribution in [-0.2, 0) is 4.79 Å². The number of amides is 2. The average molecular weight is 606 g/mol. The molecule has 4 rings (SSSR count). The van der Waals surface area contributed by atoms with Crippen molar-refractivity contribution in [3.05, 3.63) is 140 Å². The predicted molar refractivity (Wildman–Crippen MR) is 162 cm³/mol. The number of anilines is 1. The number of rotatable bonds is 10. The summed E-state index contributed by atoms with van der Waals surface area (Å²) in [6.07, 6.45) is 1.43. The lowest BCUT2D eigenvalue weighted by atomic mass is 10.1. The number of thioether (sulfide) groups is 1. The van der Waals surface area contributed by atoms with Gasteiger partial charge in [0.1, 0.15) is 5.70 Å². The van der Waals surface area contributed by atoms with Crippen LogP contribution < -0.4 is 10.6 Å². The first-order chi connectivity index (χ1) is 19.7. The third-order valence-corrected chi connectivity index (χ3v) is 7.22. The number of nitrogens with one attached hydrogen (secondary N) is 2. The van der Waals surface area contributed by atoms with Gasteiger partial charge in [0.15, 0.2) is 5.78 Å². The van der Waals surface area contributed by atoms with E-state index in [0.717, 1.165) is 4.90 Å². The summed E-state index contributed by atoms with van der Waals surface area (Å²) in [5.74, 6) is -1.09. The summed E-state index contributed by atoms with van der Waals surface area (Å²) in [6.45, 7) is 0. The first-order valence-electron chi connectivity index (χ1n) is 12.0. The van der Waals surface area contributed by atoms with Crippen molar-refractivity contribution in [3.63, 3.8) is 0 Å². The van der Waals surface area contributed by atoms with Gasteiger partial charge in [0.05, 0.1) is 15.7 Å². The molecule has 0 aromatic heterocycles. The maximum absolute atomic E-state index is 13.2. The highest BCUT2D eigenvalue weighted by Crippen LogP contribution is 2.26. The number of carbonyl (C=O) groups is 3. The highest BCUT2D eigenvalue weighted by Gasteiger charge is 2.16. The van der Waals surface area contributed by atoms with Gasteiger partial charge in [-0.3, -0.25) is 24.5 Å². The van der Waals surface area contributed by atoms with Crippen LogP contribution in [0.4, 0.5) is 11.4 Å². The molecule has 0 fully saturated rings. The molecule has 0 aliphatic heterocycles. The standard InChI is InChI=1S/C30H21Cl2N3O5S/c31-21-8-15-25(26(32)17-21)28(36)18-41-24-13-9-22(10-14-24)33-30(38)27(34-29(37)20-4-2-1-3-5-20)16-19-6-11-23(12-7-19)35(39)40/h1-17H,18H2,(H,33,38)(H,34,37)/b27-16-. The fourth-order valence-corrected chi connectivity index (χ4v) is 4.87. The molecule has 41 heavy (non-hydrogen) atoms. The van der Waals surface area contributed by atoms with E-state index in [2.05, 4.69) is 10.6 Å². The summed E-state index contributed by atoms with van der Waals surface area (Å²) < 4.78 is 0. The third kappa shape index (κ3) is 8.28. The van der Waals surface area contributed by atoms with Gasteiger partial charge in [0.2, 0.25) is 0 Å². The molecule has 2 amide bonds. The summed E-state index contributed by atoms with van der Waals surface area (Å²) in [6, 6.07) is 25.5. The van der Waals surface area contributed by atoms with Crippen LogP contribution >= 0.6 is 35.0 Å². The molecule has 2 N–H and O–H groups in total. The Labute approximate surface area is 249 Å². The molecule has 11 heteroatoms. The molecule has 206 valence electrons. The molecule has 0 atom stereocenters. The van der Waals surface area contributed by atoms with Gasteiger partial charge in [-0.15, -0.1) is 11.8 Å². The van der Waals surface area contributed by atoms with Gasteiger partial charge in [-0.1, -0.05) is 41.4 Å². The van der Waals surface area contributed by atoms with Crippen molar-refractivity contribution in [2.24, 2.45) is 0 Å². The number of nitro benzene ring substituents is 1. The second kappa shape index (κ2) is 13.8. The van der Waals surface area contributed by atoms with E-state index in [1.165, 1.54) is 48.2 Å². The van der Waals surface area contributed by atoms with Crippen molar-refractivity contribution < 1.29 is 19.3 Å². The highest BCUT2D eigenvalue weighted by molar-refractivity contribution is 8.00. The van der Waals surface area contributed by atoms with Crippen LogP contribution in [0, 0.1) is 10.1 Å². The summed E-state index contributed by atoms with van der Waals surface area (Å²) in [5, 5.41) is 17.1. The van der Waals surface area contributed by atoms with Gasteiger partial charge in [-0.05, 0) is 78.4 Å².